The first-order valence-corrected chi connectivity index (χ1v) is 6.52. The highest BCUT2D eigenvalue weighted by atomic mass is 79.9. The molecule has 0 saturated heterocycles. The number of pyridine rings is 1. The van der Waals surface area contributed by atoms with Gasteiger partial charge in [-0.1, -0.05) is 34.1 Å². The van der Waals surface area contributed by atoms with Gasteiger partial charge < -0.3 is 10.3 Å². The lowest BCUT2D eigenvalue weighted by molar-refractivity contribution is 0.102. The van der Waals surface area contributed by atoms with E-state index in [1.165, 1.54) is 0 Å². The molecule has 2 aromatic heterocycles. The molecule has 5 heteroatoms. The molecule has 94 valence electrons. The number of H-pyrrole nitrogens is 1. The fraction of sp³-hybridized carbons (Fsp3) is 0. The summed E-state index contributed by atoms with van der Waals surface area (Å²) in [5.74, 6) is 0.305. The first-order chi connectivity index (χ1) is 9.22. The zero-order valence-electron chi connectivity index (χ0n) is 9.85. The average Bonchev–Trinajstić information content (AvgIpc) is 2.82. The molecule has 0 fully saturated rings. The van der Waals surface area contributed by atoms with E-state index in [9.17, 15) is 4.79 Å². The van der Waals surface area contributed by atoms with Gasteiger partial charge in [-0.3, -0.25) is 4.79 Å². The molecule has 0 bridgehead atoms. The van der Waals surface area contributed by atoms with Crippen LogP contribution >= 0.6 is 15.9 Å². The van der Waals surface area contributed by atoms with Crippen LogP contribution in [-0.4, -0.2) is 15.9 Å². The van der Waals surface area contributed by atoms with E-state index in [1.807, 2.05) is 30.3 Å². The Hall–Kier alpha value is -2.14. The second-order valence-electron chi connectivity index (χ2n) is 4.08. The third-order valence-electron chi connectivity index (χ3n) is 2.74. The summed E-state index contributed by atoms with van der Waals surface area (Å²) < 4.78 is 0.870. The van der Waals surface area contributed by atoms with E-state index < -0.39 is 0 Å². The Morgan fingerprint density at radius 3 is 2.84 bits per heavy atom. The smallest absolute Gasteiger partial charge is 0.273 e. The Kier molecular flexibility index (Phi) is 3.05. The maximum atomic E-state index is 12.1. The minimum absolute atomic E-state index is 0.207. The van der Waals surface area contributed by atoms with Crippen LogP contribution in [0.5, 0.6) is 0 Å². The maximum Gasteiger partial charge on any atom is 0.273 e. The van der Waals surface area contributed by atoms with Crippen molar-refractivity contribution in [1.29, 1.82) is 0 Å². The van der Waals surface area contributed by atoms with Gasteiger partial charge in [0.05, 0.1) is 0 Å². The van der Waals surface area contributed by atoms with Crippen LogP contribution in [0.2, 0.25) is 0 Å². The first kappa shape index (κ1) is 11.9. The van der Waals surface area contributed by atoms with Gasteiger partial charge in [0, 0.05) is 21.6 Å². The summed E-state index contributed by atoms with van der Waals surface area (Å²) in [6, 6.07) is 13.1. The molecule has 1 aromatic carbocycles. The number of nitrogens with zero attached hydrogens (tertiary/aromatic N) is 1. The zero-order chi connectivity index (χ0) is 13.2. The Morgan fingerprint density at radius 1 is 1.21 bits per heavy atom. The molecular weight excluding hydrogens is 306 g/mol. The molecule has 2 N–H and O–H groups in total. The van der Waals surface area contributed by atoms with E-state index in [1.54, 1.807) is 18.3 Å². The quantitative estimate of drug-likeness (QED) is 0.759. The number of amides is 1. The highest BCUT2D eigenvalue weighted by Gasteiger charge is 2.10. The fourth-order valence-electron chi connectivity index (χ4n) is 1.85. The lowest BCUT2D eigenvalue weighted by Crippen LogP contribution is -2.13. The summed E-state index contributed by atoms with van der Waals surface area (Å²) in [7, 11) is 0. The molecular formula is C14H10BrN3O. The highest BCUT2D eigenvalue weighted by molar-refractivity contribution is 9.10. The zero-order valence-corrected chi connectivity index (χ0v) is 11.4. The van der Waals surface area contributed by atoms with E-state index in [-0.39, 0.29) is 5.91 Å². The SMILES string of the molecule is O=C(Nc1cc(Br)ccn1)c1cc2ccccc2[nH]1. The van der Waals surface area contributed by atoms with Crippen molar-refractivity contribution in [1.82, 2.24) is 9.97 Å². The minimum atomic E-state index is -0.207. The molecule has 3 rings (SSSR count). The van der Waals surface area contributed by atoms with Crippen molar-refractivity contribution in [2.75, 3.05) is 5.32 Å². The van der Waals surface area contributed by atoms with Gasteiger partial charge in [-0.15, -0.1) is 0 Å². The molecule has 19 heavy (non-hydrogen) atoms. The van der Waals surface area contributed by atoms with Gasteiger partial charge in [-0.05, 0) is 24.3 Å². The summed E-state index contributed by atoms with van der Waals surface area (Å²) in [6.45, 7) is 0. The van der Waals surface area contributed by atoms with Gasteiger partial charge in [0.25, 0.3) is 5.91 Å². The second kappa shape index (κ2) is 4.85. The molecule has 4 nitrogen and oxygen atoms in total. The number of aromatic amines is 1. The van der Waals surface area contributed by atoms with Crippen molar-refractivity contribution in [3.05, 3.63) is 58.8 Å². The molecule has 1 amide bonds. The van der Waals surface area contributed by atoms with Crippen LogP contribution in [0.1, 0.15) is 10.5 Å². The van der Waals surface area contributed by atoms with Crippen LogP contribution in [0.4, 0.5) is 5.82 Å². The van der Waals surface area contributed by atoms with Crippen molar-refractivity contribution in [2.24, 2.45) is 0 Å². The summed E-state index contributed by atoms with van der Waals surface area (Å²) in [5.41, 5.74) is 1.46. The molecule has 0 aliphatic carbocycles. The van der Waals surface area contributed by atoms with Crippen molar-refractivity contribution in [3.63, 3.8) is 0 Å². The number of halogens is 1. The molecule has 0 aliphatic heterocycles. The fourth-order valence-corrected chi connectivity index (χ4v) is 2.19. The number of rotatable bonds is 2. The van der Waals surface area contributed by atoms with E-state index in [4.69, 9.17) is 0 Å². The average molecular weight is 316 g/mol. The number of anilines is 1. The second-order valence-corrected chi connectivity index (χ2v) is 5.00. The van der Waals surface area contributed by atoms with Gasteiger partial charge in [0.15, 0.2) is 0 Å². The molecule has 3 aromatic rings. The summed E-state index contributed by atoms with van der Waals surface area (Å²) in [5, 5.41) is 3.76. The minimum Gasteiger partial charge on any atom is -0.351 e. The van der Waals surface area contributed by atoms with Crippen molar-refractivity contribution in [3.8, 4) is 0 Å². The molecule has 0 atom stereocenters. The summed E-state index contributed by atoms with van der Waals surface area (Å²) >= 11 is 3.34. The van der Waals surface area contributed by atoms with Crippen LogP contribution in [-0.2, 0) is 0 Å². The highest BCUT2D eigenvalue weighted by Crippen LogP contribution is 2.17. The normalized spacial score (nSPS) is 10.6. The number of benzene rings is 1. The molecule has 0 radical (unpaired) electrons. The topological polar surface area (TPSA) is 57.8 Å². The Balaban J connectivity index is 1.87. The van der Waals surface area contributed by atoms with Crippen LogP contribution in [0.25, 0.3) is 10.9 Å². The van der Waals surface area contributed by atoms with Crippen LogP contribution in [0.3, 0.4) is 0 Å². The van der Waals surface area contributed by atoms with Crippen molar-refractivity contribution >= 4 is 38.6 Å². The van der Waals surface area contributed by atoms with E-state index in [0.717, 1.165) is 15.4 Å². The molecule has 0 unspecified atom stereocenters. The molecule has 0 spiro atoms. The van der Waals surface area contributed by atoms with E-state index >= 15 is 0 Å². The molecule has 0 aliphatic rings. The number of hydrogen-bond donors (Lipinski definition) is 2. The van der Waals surface area contributed by atoms with Gasteiger partial charge in [0.2, 0.25) is 0 Å². The third-order valence-corrected chi connectivity index (χ3v) is 3.23. The van der Waals surface area contributed by atoms with Crippen LogP contribution in [0.15, 0.2) is 53.1 Å². The van der Waals surface area contributed by atoms with Crippen molar-refractivity contribution < 1.29 is 4.79 Å². The van der Waals surface area contributed by atoms with E-state index in [2.05, 4.69) is 31.2 Å². The lowest BCUT2D eigenvalue weighted by atomic mass is 10.2. The monoisotopic (exact) mass is 315 g/mol. The predicted molar refractivity (Wildman–Crippen MR) is 78.2 cm³/mol. The largest absolute Gasteiger partial charge is 0.351 e. The number of aromatic nitrogens is 2. The van der Waals surface area contributed by atoms with Gasteiger partial charge >= 0.3 is 0 Å². The van der Waals surface area contributed by atoms with Gasteiger partial charge in [-0.25, -0.2) is 4.98 Å². The predicted octanol–water partition coefficient (Wildman–Crippen LogP) is 3.58. The Bertz CT molecular complexity index is 718. The Labute approximate surface area is 118 Å². The lowest BCUT2D eigenvalue weighted by Gasteiger charge is -2.02. The Morgan fingerprint density at radius 2 is 2.05 bits per heavy atom. The molecule has 2 heterocycles. The molecule has 0 saturated carbocycles. The van der Waals surface area contributed by atoms with Crippen LogP contribution < -0.4 is 5.32 Å². The number of fused-ring (bicyclic) bond motifs is 1. The summed E-state index contributed by atoms with van der Waals surface area (Å²) in [4.78, 5) is 19.3. The number of hydrogen-bond acceptors (Lipinski definition) is 2. The van der Waals surface area contributed by atoms with Gasteiger partial charge in [-0.2, -0.15) is 0 Å². The number of para-hydroxylation sites is 1. The standard InChI is InChI=1S/C14H10BrN3O/c15-10-5-6-16-13(8-10)18-14(19)12-7-9-3-1-2-4-11(9)17-12/h1-8,17H,(H,16,18,19). The van der Waals surface area contributed by atoms with E-state index in [0.29, 0.717) is 11.5 Å². The number of nitrogens with one attached hydrogen (secondary N) is 2. The van der Waals surface area contributed by atoms with Gasteiger partial charge in [0.1, 0.15) is 11.5 Å². The number of carbonyl (C=O) groups is 1. The third kappa shape index (κ3) is 2.51. The number of carbonyl (C=O) groups excluding carboxylic acids is 1. The van der Waals surface area contributed by atoms with Crippen molar-refractivity contribution in [2.45, 2.75) is 0 Å². The summed E-state index contributed by atoms with van der Waals surface area (Å²) in [6.07, 6.45) is 1.63. The maximum absolute atomic E-state index is 12.1. The van der Waals surface area contributed by atoms with Crippen LogP contribution in [0, 0.1) is 0 Å². The first-order valence-electron chi connectivity index (χ1n) is 5.73.